The Hall–Kier alpha value is -1.06. The molecule has 2 amide bonds. The van der Waals surface area contributed by atoms with Gasteiger partial charge in [-0.3, -0.25) is 9.59 Å². The first-order valence-corrected chi connectivity index (χ1v) is 6.96. The van der Waals surface area contributed by atoms with Gasteiger partial charge in [0.05, 0.1) is 6.54 Å². The molecule has 4 heteroatoms. The highest BCUT2D eigenvalue weighted by Gasteiger charge is 2.37. The highest BCUT2D eigenvalue weighted by Crippen LogP contribution is 2.19. The second-order valence-electron chi connectivity index (χ2n) is 5.88. The van der Waals surface area contributed by atoms with Gasteiger partial charge >= 0.3 is 0 Å². The van der Waals surface area contributed by atoms with E-state index in [1.165, 1.54) is 0 Å². The molecule has 104 valence electrons. The quantitative estimate of drug-likeness (QED) is 0.813. The minimum Gasteiger partial charge on any atom is -0.342 e. The maximum atomic E-state index is 12.4. The molecule has 18 heavy (non-hydrogen) atoms. The molecule has 0 spiro atoms. The summed E-state index contributed by atoms with van der Waals surface area (Å²) in [5.74, 6) is 0.767. The molecule has 1 fully saturated rings. The number of nitrogens with zero attached hydrogens (tertiary/aromatic N) is 1. The number of hydrogen-bond donors (Lipinski definition) is 1. The number of nitrogens with one attached hydrogen (secondary N) is 1. The Bertz CT molecular complexity index is 315. The highest BCUT2D eigenvalue weighted by molar-refractivity contribution is 5.95. The molecule has 0 aromatic carbocycles. The van der Waals surface area contributed by atoms with Crippen LogP contribution in [0.15, 0.2) is 0 Å². The van der Waals surface area contributed by atoms with Gasteiger partial charge in [-0.1, -0.05) is 34.1 Å². The average molecular weight is 254 g/mol. The zero-order valence-corrected chi connectivity index (χ0v) is 12.2. The fourth-order valence-electron chi connectivity index (χ4n) is 2.50. The summed E-state index contributed by atoms with van der Waals surface area (Å²) >= 11 is 0. The molecular formula is C14H26N2O2. The topological polar surface area (TPSA) is 49.4 Å². The van der Waals surface area contributed by atoms with Crippen LogP contribution < -0.4 is 5.32 Å². The van der Waals surface area contributed by atoms with Gasteiger partial charge in [0.2, 0.25) is 11.8 Å². The molecule has 4 nitrogen and oxygen atoms in total. The third kappa shape index (κ3) is 3.47. The van der Waals surface area contributed by atoms with Crippen LogP contribution in [0.2, 0.25) is 0 Å². The second-order valence-corrected chi connectivity index (χ2v) is 5.88. The summed E-state index contributed by atoms with van der Waals surface area (Å²) in [7, 11) is 0. The summed E-state index contributed by atoms with van der Waals surface area (Å²) < 4.78 is 0. The van der Waals surface area contributed by atoms with Crippen molar-refractivity contribution >= 4 is 11.8 Å². The van der Waals surface area contributed by atoms with Crippen molar-refractivity contribution in [2.24, 2.45) is 11.8 Å². The molecular weight excluding hydrogens is 228 g/mol. The van der Waals surface area contributed by atoms with Gasteiger partial charge in [-0.05, 0) is 25.2 Å². The number of carbonyl (C=O) groups is 2. The van der Waals surface area contributed by atoms with E-state index in [-0.39, 0.29) is 36.4 Å². The maximum absolute atomic E-state index is 12.4. The van der Waals surface area contributed by atoms with Crippen LogP contribution in [0.25, 0.3) is 0 Å². The highest BCUT2D eigenvalue weighted by atomic mass is 16.2. The van der Waals surface area contributed by atoms with Crippen molar-refractivity contribution in [3.63, 3.8) is 0 Å². The first kappa shape index (κ1) is 15.0. The molecule has 3 unspecified atom stereocenters. The summed E-state index contributed by atoms with van der Waals surface area (Å²) in [6, 6.07) is -0.207. The van der Waals surface area contributed by atoms with Crippen molar-refractivity contribution in [2.75, 3.05) is 6.54 Å². The summed E-state index contributed by atoms with van der Waals surface area (Å²) in [5, 5.41) is 2.82. The molecule has 1 saturated heterocycles. The number of carbonyl (C=O) groups excluding carboxylic acids is 2. The van der Waals surface area contributed by atoms with E-state index in [0.717, 1.165) is 12.8 Å². The van der Waals surface area contributed by atoms with Gasteiger partial charge in [0.25, 0.3) is 0 Å². The standard InChI is InChI=1S/C14H26N2O2/c1-6-10(4)13-14(18)16(8-12(17)15-13)11(5)7-9(2)3/h9-11,13H,6-8H2,1-5H3,(H,15,17). The van der Waals surface area contributed by atoms with E-state index < -0.39 is 0 Å². The molecule has 0 aliphatic carbocycles. The Morgan fingerprint density at radius 3 is 2.39 bits per heavy atom. The Morgan fingerprint density at radius 2 is 1.89 bits per heavy atom. The van der Waals surface area contributed by atoms with Gasteiger partial charge in [0, 0.05) is 6.04 Å². The predicted molar refractivity (Wildman–Crippen MR) is 72.0 cm³/mol. The molecule has 1 aliphatic rings. The zero-order chi connectivity index (χ0) is 13.9. The Labute approximate surface area is 110 Å². The van der Waals surface area contributed by atoms with Crippen molar-refractivity contribution in [3.05, 3.63) is 0 Å². The number of amides is 2. The van der Waals surface area contributed by atoms with E-state index in [9.17, 15) is 9.59 Å². The molecule has 1 heterocycles. The number of rotatable bonds is 5. The lowest BCUT2D eigenvalue weighted by atomic mass is 9.94. The maximum Gasteiger partial charge on any atom is 0.246 e. The van der Waals surface area contributed by atoms with E-state index in [4.69, 9.17) is 0 Å². The molecule has 0 radical (unpaired) electrons. The minimum atomic E-state index is -0.342. The van der Waals surface area contributed by atoms with Crippen LogP contribution in [0, 0.1) is 11.8 Å². The predicted octanol–water partition coefficient (Wildman–Crippen LogP) is 1.79. The summed E-state index contributed by atoms with van der Waals surface area (Å²) in [5.41, 5.74) is 0. The monoisotopic (exact) mass is 254 g/mol. The average Bonchev–Trinajstić information content (AvgIpc) is 2.29. The minimum absolute atomic E-state index is 0.0319. The van der Waals surface area contributed by atoms with Crippen molar-refractivity contribution in [1.29, 1.82) is 0 Å². The third-order valence-electron chi connectivity index (χ3n) is 3.74. The van der Waals surface area contributed by atoms with Crippen LogP contribution >= 0.6 is 0 Å². The van der Waals surface area contributed by atoms with Crippen LogP contribution in [-0.2, 0) is 9.59 Å². The van der Waals surface area contributed by atoms with E-state index in [2.05, 4.69) is 19.2 Å². The van der Waals surface area contributed by atoms with Crippen molar-refractivity contribution in [1.82, 2.24) is 10.2 Å². The van der Waals surface area contributed by atoms with E-state index >= 15 is 0 Å². The number of hydrogen-bond acceptors (Lipinski definition) is 2. The Morgan fingerprint density at radius 1 is 1.28 bits per heavy atom. The summed E-state index contributed by atoms with van der Waals surface area (Å²) in [6.07, 6.45) is 1.83. The van der Waals surface area contributed by atoms with Gasteiger partial charge in [0.1, 0.15) is 6.04 Å². The molecule has 1 rings (SSSR count). The SMILES string of the molecule is CCC(C)C1NC(=O)CN(C(C)CC(C)C)C1=O. The van der Waals surface area contributed by atoms with Crippen LogP contribution in [0.3, 0.4) is 0 Å². The third-order valence-corrected chi connectivity index (χ3v) is 3.74. The molecule has 0 aromatic heterocycles. The van der Waals surface area contributed by atoms with Crippen LogP contribution in [0.4, 0.5) is 0 Å². The van der Waals surface area contributed by atoms with Crippen LogP contribution in [0.1, 0.15) is 47.5 Å². The number of piperazine rings is 1. The van der Waals surface area contributed by atoms with Gasteiger partial charge in [-0.15, -0.1) is 0 Å². The van der Waals surface area contributed by atoms with Gasteiger partial charge in [-0.2, -0.15) is 0 Å². The molecule has 0 saturated carbocycles. The van der Waals surface area contributed by atoms with Crippen LogP contribution in [0.5, 0.6) is 0 Å². The molecule has 1 aliphatic heterocycles. The smallest absolute Gasteiger partial charge is 0.246 e. The van der Waals surface area contributed by atoms with Crippen LogP contribution in [-0.4, -0.2) is 35.3 Å². The lowest BCUT2D eigenvalue weighted by Gasteiger charge is -2.39. The van der Waals surface area contributed by atoms with E-state index in [1.807, 2.05) is 20.8 Å². The molecule has 0 aromatic rings. The molecule has 0 bridgehead atoms. The van der Waals surface area contributed by atoms with Gasteiger partial charge in [-0.25, -0.2) is 0 Å². The Balaban J connectivity index is 2.79. The van der Waals surface area contributed by atoms with Crippen molar-refractivity contribution in [3.8, 4) is 0 Å². The Kier molecular flexibility index (Phi) is 5.17. The normalized spacial score (nSPS) is 24.1. The summed E-state index contributed by atoms with van der Waals surface area (Å²) in [6.45, 7) is 10.6. The first-order valence-electron chi connectivity index (χ1n) is 6.96. The van der Waals surface area contributed by atoms with Crippen molar-refractivity contribution in [2.45, 2.75) is 59.5 Å². The fraction of sp³-hybridized carbons (Fsp3) is 0.857. The zero-order valence-electron chi connectivity index (χ0n) is 12.2. The first-order chi connectivity index (χ1) is 8.36. The van der Waals surface area contributed by atoms with E-state index in [1.54, 1.807) is 4.90 Å². The van der Waals surface area contributed by atoms with Crippen molar-refractivity contribution < 1.29 is 9.59 Å². The fourth-order valence-corrected chi connectivity index (χ4v) is 2.50. The van der Waals surface area contributed by atoms with Gasteiger partial charge < -0.3 is 10.2 Å². The van der Waals surface area contributed by atoms with Gasteiger partial charge in [0.15, 0.2) is 0 Å². The summed E-state index contributed by atoms with van der Waals surface area (Å²) in [4.78, 5) is 25.9. The van der Waals surface area contributed by atoms with E-state index in [0.29, 0.717) is 5.92 Å². The lowest BCUT2D eigenvalue weighted by molar-refractivity contribution is -0.148. The largest absolute Gasteiger partial charge is 0.342 e. The molecule has 3 atom stereocenters. The second kappa shape index (κ2) is 6.21. The lowest BCUT2D eigenvalue weighted by Crippen LogP contribution is -2.62. The molecule has 1 N–H and O–H groups in total.